The summed E-state index contributed by atoms with van der Waals surface area (Å²) < 4.78 is 56.9. The topological polar surface area (TPSA) is 85.4 Å². The normalized spacial score (nSPS) is 16.8. The van der Waals surface area contributed by atoms with Crippen molar-refractivity contribution in [3.63, 3.8) is 0 Å². The Morgan fingerprint density at radius 1 is 1.12 bits per heavy atom. The van der Waals surface area contributed by atoms with Gasteiger partial charge in [0.25, 0.3) is 0 Å². The Kier molecular flexibility index (Phi) is 7.87. The number of benzene rings is 2. The lowest BCUT2D eigenvalue weighted by atomic mass is 9.94. The molecule has 1 N–H and O–H groups in total. The third kappa shape index (κ3) is 5.15. The second-order valence-electron chi connectivity index (χ2n) is 12.2. The van der Waals surface area contributed by atoms with Crippen LogP contribution in [0.4, 0.5) is 13.2 Å². The Hall–Kier alpha value is -4.94. The number of halogens is 3. The van der Waals surface area contributed by atoms with Crippen molar-refractivity contribution in [2.45, 2.75) is 39.0 Å². The van der Waals surface area contributed by atoms with Crippen LogP contribution in [0, 0.1) is 17.5 Å². The van der Waals surface area contributed by atoms with Crippen LogP contribution in [0.25, 0.3) is 54.8 Å². The lowest BCUT2D eigenvalue weighted by Gasteiger charge is -2.36. The zero-order valence-electron chi connectivity index (χ0n) is 26.7. The molecule has 12 heteroatoms. The van der Waals surface area contributed by atoms with E-state index in [1.54, 1.807) is 15.6 Å². The molecule has 0 spiro atoms. The summed E-state index contributed by atoms with van der Waals surface area (Å²) in [5.74, 6) is -2.94. The fourth-order valence-corrected chi connectivity index (χ4v) is 7.43. The molecule has 48 heavy (non-hydrogen) atoms. The number of carbonyl (C=O) groups is 1. The Morgan fingerprint density at radius 3 is 2.67 bits per heavy atom. The number of nitrogens with zero attached hydrogens (tertiary/aromatic N) is 5. The maximum Gasteiger partial charge on any atom is 0.246 e. The number of fused-ring (bicyclic) bond motifs is 3. The molecule has 7 rings (SSSR count). The number of pyridine rings is 1. The monoisotopic (exact) mass is 671 g/mol. The van der Waals surface area contributed by atoms with Crippen molar-refractivity contribution in [3.8, 4) is 39.5 Å². The molecule has 1 aliphatic heterocycles. The van der Waals surface area contributed by atoms with Crippen LogP contribution in [0.1, 0.15) is 38.5 Å². The van der Waals surface area contributed by atoms with Gasteiger partial charge in [-0.2, -0.15) is 5.10 Å². The molecular formula is C36H32F3N5O3S. The quantitative estimate of drug-likeness (QED) is 0.175. The summed E-state index contributed by atoms with van der Waals surface area (Å²) >= 11 is 1.13. The van der Waals surface area contributed by atoms with Crippen LogP contribution < -0.4 is 4.74 Å². The molecule has 0 saturated carbocycles. The molecule has 0 saturated heterocycles. The molecule has 246 valence electrons. The highest BCUT2D eigenvalue weighted by Crippen LogP contribution is 2.48. The zero-order valence-corrected chi connectivity index (χ0v) is 27.5. The van der Waals surface area contributed by atoms with Crippen molar-refractivity contribution in [1.29, 1.82) is 0 Å². The number of rotatable bonds is 7. The molecule has 0 fully saturated rings. The first-order chi connectivity index (χ1) is 23.0. The Labute approximate surface area is 278 Å². The van der Waals surface area contributed by atoms with Crippen molar-refractivity contribution in [2.75, 3.05) is 13.2 Å². The molecule has 1 amide bonds. The van der Waals surface area contributed by atoms with E-state index in [4.69, 9.17) is 14.8 Å². The van der Waals surface area contributed by atoms with Gasteiger partial charge in [-0.25, -0.2) is 18.2 Å². The van der Waals surface area contributed by atoms with Crippen molar-refractivity contribution >= 4 is 38.2 Å². The van der Waals surface area contributed by atoms with E-state index in [-0.39, 0.29) is 52.6 Å². The standard InChI is InChI=1S/C36H32F3N5O3S/c1-6-30(46)43-15-18(2)44-27(20(43)4)14-26(41-44)35-33(31-24(38)12-23(37)13-29(31)47-16-19(3)45)32-25(39)17-48-36(32)34(40-35)22-8-7-21-9-10-42(5)28(21)11-22/h6-14,17-20,45H,1,15-16H2,2-5H3/t18-,19+,20+/m0/s1. The SMILES string of the molecule is C=CC(=O)N1C[C@H](C)n2nc(-c3nc(-c4ccc5ccn(C)c5c4)c4scc(F)c4c3-c3c(F)cc(F)cc3OC[C@@H](C)O)cc2[C@H]1C. The summed E-state index contributed by atoms with van der Waals surface area (Å²) in [6.45, 7) is 9.04. The number of thiophene rings is 1. The van der Waals surface area contributed by atoms with Gasteiger partial charge >= 0.3 is 0 Å². The van der Waals surface area contributed by atoms with E-state index >= 15 is 8.78 Å². The third-order valence-electron chi connectivity index (χ3n) is 8.82. The molecular weight excluding hydrogens is 639 g/mol. The van der Waals surface area contributed by atoms with Gasteiger partial charge in [-0.05, 0) is 50.4 Å². The largest absolute Gasteiger partial charge is 0.490 e. The molecule has 0 radical (unpaired) electrons. The van der Waals surface area contributed by atoms with Crippen LogP contribution >= 0.6 is 11.3 Å². The predicted octanol–water partition coefficient (Wildman–Crippen LogP) is 7.81. The molecule has 0 aliphatic carbocycles. The molecule has 8 nitrogen and oxygen atoms in total. The molecule has 4 aromatic heterocycles. The van der Waals surface area contributed by atoms with Crippen molar-refractivity contribution in [1.82, 2.24) is 24.2 Å². The van der Waals surface area contributed by atoms with Crippen LogP contribution in [0.2, 0.25) is 0 Å². The average Bonchev–Trinajstić information content (AvgIpc) is 3.78. The molecule has 3 atom stereocenters. The first-order valence-corrected chi connectivity index (χ1v) is 16.3. The second-order valence-corrected chi connectivity index (χ2v) is 13.1. The summed E-state index contributed by atoms with van der Waals surface area (Å²) in [6, 6.07) is 10.7. The van der Waals surface area contributed by atoms with Gasteiger partial charge in [0.15, 0.2) is 0 Å². The van der Waals surface area contributed by atoms with Crippen LogP contribution in [-0.4, -0.2) is 54.5 Å². The Balaban J connectivity index is 1.56. The number of aliphatic hydroxyl groups excluding tert-OH is 1. The van der Waals surface area contributed by atoms with Gasteiger partial charge in [-0.15, -0.1) is 11.3 Å². The lowest BCUT2D eigenvalue weighted by molar-refractivity contribution is -0.129. The van der Waals surface area contributed by atoms with E-state index < -0.39 is 23.6 Å². The number of amides is 1. The van der Waals surface area contributed by atoms with E-state index in [0.717, 1.165) is 28.3 Å². The van der Waals surface area contributed by atoms with Gasteiger partial charge < -0.3 is 19.3 Å². The summed E-state index contributed by atoms with van der Waals surface area (Å²) in [6.07, 6.45) is 2.27. The number of ether oxygens (including phenoxy) is 1. The molecule has 5 heterocycles. The van der Waals surface area contributed by atoms with Gasteiger partial charge in [0.1, 0.15) is 41.2 Å². The van der Waals surface area contributed by atoms with Gasteiger partial charge in [0, 0.05) is 59.3 Å². The highest BCUT2D eigenvalue weighted by atomic mass is 32.1. The fraction of sp³-hybridized carbons (Fsp3) is 0.250. The summed E-state index contributed by atoms with van der Waals surface area (Å²) in [5, 5.41) is 17.3. The van der Waals surface area contributed by atoms with Crippen LogP contribution in [0.3, 0.4) is 0 Å². The average molecular weight is 672 g/mol. The lowest BCUT2D eigenvalue weighted by Crippen LogP contribution is -2.42. The van der Waals surface area contributed by atoms with Crippen molar-refractivity contribution in [2.24, 2.45) is 7.05 Å². The van der Waals surface area contributed by atoms with E-state index in [0.29, 0.717) is 40.0 Å². The van der Waals surface area contributed by atoms with Crippen LogP contribution in [0.15, 0.2) is 66.7 Å². The first-order valence-electron chi connectivity index (χ1n) is 15.5. The molecule has 6 aromatic rings. The highest BCUT2D eigenvalue weighted by molar-refractivity contribution is 7.17. The Bertz CT molecular complexity index is 2250. The number of aryl methyl sites for hydroxylation is 1. The highest BCUT2D eigenvalue weighted by Gasteiger charge is 2.34. The van der Waals surface area contributed by atoms with Gasteiger partial charge in [-0.3, -0.25) is 9.48 Å². The Morgan fingerprint density at radius 2 is 1.92 bits per heavy atom. The van der Waals surface area contributed by atoms with E-state index in [9.17, 15) is 14.3 Å². The minimum atomic E-state index is -0.989. The molecule has 0 unspecified atom stereocenters. The van der Waals surface area contributed by atoms with Crippen LogP contribution in [-0.2, 0) is 11.8 Å². The molecule has 1 aliphatic rings. The fourth-order valence-electron chi connectivity index (χ4n) is 6.50. The minimum Gasteiger partial charge on any atom is -0.490 e. The van der Waals surface area contributed by atoms with E-state index in [1.807, 2.05) is 55.9 Å². The van der Waals surface area contributed by atoms with Crippen molar-refractivity contribution < 1.29 is 27.8 Å². The zero-order chi connectivity index (χ0) is 34.0. The van der Waals surface area contributed by atoms with Crippen LogP contribution in [0.5, 0.6) is 5.75 Å². The maximum atomic E-state index is 16.2. The van der Waals surface area contributed by atoms with Crippen molar-refractivity contribution in [3.05, 3.63) is 89.8 Å². The summed E-state index contributed by atoms with van der Waals surface area (Å²) in [4.78, 5) is 19.5. The van der Waals surface area contributed by atoms with E-state index in [1.165, 1.54) is 18.4 Å². The minimum absolute atomic E-state index is 0.0420. The van der Waals surface area contributed by atoms with Gasteiger partial charge in [0.05, 0.1) is 39.8 Å². The number of aromatic nitrogens is 4. The summed E-state index contributed by atoms with van der Waals surface area (Å²) in [7, 11) is 1.93. The van der Waals surface area contributed by atoms with Gasteiger partial charge in [0.2, 0.25) is 5.91 Å². The summed E-state index contributed by atoms with van der Waals surface area (Å²) in [5.41, 5.74) is 3.11. The predicted molar refractivity (Wildman–Crippen MR) is 180 cm³/mol. The number of aliphatic hydroxyl groups is 1. The van der Waals surface area contributed by atoms with Gasteiger partial charge in [-0.1, -0.05) is 18.7 Å². The molecule has 2 aromatic carbocycles. The number of hydrogen-bond donors (Lipinski definition) is 1. The smallest absolute Gasteiger partial charge is 0.246 e. The third-order valence-corrected chi connectivity index (χ3v) is 9.78. The maximum absolute atomic E-state index is 16.2. The number of hydrogen-bond acceptors (Lipinski definition) is 6. The first kappa shape index (κ1) is 31.6. The van der Waals surface area contributed by atoms with E-state index in [2.05, 4.69) is 6.58 Å². The number of carbonyl (C=O) groups excluding carboxylic acids is 1. The second kappa shape index (κ2) is 11.9. The molecule has 0 bridgehead atoms.